The maximum absolute atomic E-state index is 11.4. The number of allylic oxidation sites excluding steroid dienone is 1. The van der Waals surface area contributed by atoms with Crippen LogP contribution in [-0.4, -0.2) is 10.9 Å². The minimum atomic E-state index is -0.111. The van der Waals surface area contributed by atoms with E-state index < -0.39 is 0 Å². The molecule has 2 aromatic rings. The third-order valence-electron chi connectivity index (χ3n) is 2.29. The number of carbonyl (C=O) groups excluding carboxylic acids is 1. The average molecular weight is 198 g/mol. The van der Waals surface area contributed by atoms with Crippen LogP contribution in [0.3, 0.4) is 0 Å². The lowest BCUT2D eigenvalue weighted by Gasteiger charge is -2.01. The highest BCUT2D eigenvalue weighted by atomic mass is 16.3. The summed E-state index contributed by atoms with van der Waals surface area (Å²) >= 11 is 0. The number of phenols is 1. The van der Waals surface area contributed by atoms with Crippen LogP contribution in [0.5, 0.6) is 5.75 Å². The molecule has 0 fully saturated rings. The number of rotatable bonds is 2. The predicted molar refractivity (Wildman–Crippen MR) is 60.1 cm³/mol. The molecule has 0 atom stereocenters. The Bertz CT molecular complexity index is 541. The normalized spacial score (nSPS) is 10.1. The SMILES string of the molecule is C=CC(=O)c1ccc2ccc(O)cc2c1. The number of carbonyl (C=O) groups is 1. The van der Waals surface area contributed by atoms with Crippen LogP contribution in [0.4, 0.5) is 0 Å². The van der Waals surface area contributed by atoms with Gasteiger partial charge in [-0.2, -0.15) is 0 Å². The molecule has 0 aliphatic heterocycles. The molecule has 15 heavy (non-hydrogen) atoms. The zero-order chi connectivity index (χ0) is 10.8. The van der Waals surface area contributed by atoms with Crippen molar-refractivity contribution in [2.24, 2.45) is 0 Å². The lowest BCUT2D eigenvalue weighted by Crippen LogP contribution is -1.92. The molecule has 2 nitrogen and oxygen atoms in total. The smallest absolute Gasteiger partial charge is 0.185 e. The second-order valence-electron chi connectivity index (χ2n) is 3.31. The molecule has 0 radical (unpaired) electrons. The van der Waals surface area contributed by atoms with Gasteiger partial charge in [0.25, 0.3) is 0 Å². The van der Waals surface area contributed by atoms with Crippen molar-refractivity contribution in [1.29, 1.82) is 0 Å². The summed E-state index contributed by atoms with van der Waals surface area (Å²) in [5, 5.41) is 11.2. The summed E-state index contributed by atoms with van der Waals surface area (Å²) < 4.78 is 0. The van der Waals surface area contributed by atoms with Gasteiger partial charge in [-0.15, -0.1) is 0 Å². The summed E-state index contributed by atoms with van der Waals surface area (Å²) in [6.07, 6.45) is 1.28. The Hall–Kier alpha value is -2.09. The van der Waals surface area contributed by atoms with Crippen LogP contribution in [0.2, 0.25) is 0 Å². The van der Waals surface area contributed by atoms with Gasteiger partial charge in [-0.3, -0.25) is 4.79 Å². The van der Waals surface area contributed by atoms with Crippen molar-refractivity contribution in [1.82, 2.24) is 0 Å². The highest BCUT2D eigenvalue weighted by Gasteiger charge is 2.02. The number of fused-ring (bicyclic) bond motifs is 1. The lowest BCUT2D eigenvalue weighted by molar-refractivity contribution is 0.104. The monoisotopic (exact) mass is 198 g/mol. The van der Waals surface area contributed by atoms with Gasteiger partial charge in [-0.05, 0) is 35.0 Å². The molecule has 2 aromatic carbocycles. The average Bonchev–Trinajstić information content (AvgIpc) is 2.27. The van der Waals surface area contributed by atoms with Crippen LogP contribution in [0.25, 0.3) is 10.8 Å². The standard InChI is InChI=1S/C13H10O2/c1-2-13(15)10-4-3-9-5-6-12(14)8-11(9)7-10/h2-8,14H,1H2. The highest BCUT2D eigenvalue weighted by Crippen LogP contribution is 2.21. The Labute approximate surface area is 87.5 Å². The van der Waals surface area contributed by atoms with Gasteiger partial charge in [0.1, 0.15) is 5.75 Å². The molecule has 0 heterocycles. The summed E-state index contributed by atoms with van der Waals surface area (Å²) in [4.78, 5) is 11.4. The second-order valence-corrected chi connectivity index (χ2v) is 3.31. The van der Waals surface area contributed by atoms with Crippen LogP contribution < -0.4 is 0 Å². The number of aromatic hydroxyl groups is 1. The van der Waals surface area contributed by atoms with Crippen LogP contribution >= 0.6 is 0 Å². The van der Waals surface area contributed by atoms with Gasteiger partial charge < -0.3 is 5.11 Å². The first-order chi connectivity index (χ1) is 7.20. The van der Waals surface area contributed by atoms with Crippen molar-refractivity contribution in [3.8, 4) is 5.75 Å². The number of benzene rings is 2. The molecule has 0 spiro atoms. The topological polar surface area (TPSA) is 37.3 Å². The largest absolute Gasteiger partial charge is 0.508 e. The summed E-state index contributed by atoms with van der Waals surface area (Å²) in [7, 11) is 0. The molecular formula is C13H10O2. The van der Waals surface area contributed by atoms with Crippen molar-refractivity contribution in [3.05, 3.63) is 54.6 Å². The van der Waals surface area contributed by atoms with Gasteiger partial charge in [0.2, 0.25) is 0 Å². The van der Waals surface area contributed by atoms with Gasteiger partial charge in [0.05, 0.1) is 0 Å². The quantitative estimate of drug-likeness (QED) is 0.595. The molecule has 0 bridgehead atoms. The zero-order valence-electron chi connectivity index (χ0n) is 8.10. The molecule has 0 aliphatic carbocycles. The molecule has 0 saturated carbocycles. The Balaban J connectivity index is 2.64. The van der Waals surface area contributed by atoms with E-state index in [1.165, 1.54) is 6.08 Å². The second kappa shape index (κ2) is 3.58. The molecular weight excluding hydrogens is 188 g/mol. The zero-order valence-corrected chi connectivity index (χ0v) is 8.10. The lowest BCUT2D eigenvalue weighted by atomic mass is 10.0. The Morgan fingerprint density at radius 3 is 2.60 bits per heavy atom. The first-order valence-corrected chi connectivity index (χ1v) is 4.60. The Kier molecular flexibility index (Phi) is 2.26. The molecule has 0 aliphatic rings. The summed E-state index contributed by atoms with van der Waals surface area (Å²) in [6.45, 7) is 3.44. The summed E-state index contributed by atoms with van der Waals surface area (Å²) in [5.41, 5.74) is 0.586. The van der Waals surface area contributed by atoms with E-state index in [1.807, 2.05) is 12.1 Å². The van der Waals surface area contributed by atoms with Crippen LogP contribution in [0.1, 0.15) is 10.4 Å². The number of phenolic OH excluding ortho intramolecular Hbond substituents is 1. The van der Waals surface area contributed by atoms with Crippen molar-refractivity contribution in [2.75, 3.05) is 0 Å². The summed E-state index contributed by atoms with van der Waals surface area (Å²) in [6, 6.07) is 10.4. The van der Waals surface area contributed by atoms with Crippen molar-refractivity contribution in [3.63, 3.8) is 0 Å². The van der Waals surface area contributed by atoms with E-state index >= 15 is 0 Å². The van der Waals surface area contributed by atoms with Gasteiger partial charge in [0.15, 0.2) is 5.78 Å². The fraction of sp³-hybridized carbons (Fsp3) is 0. The Morgan fingerprint density at radius 1 is 1.13 bits per heavy atom. The van der Waals surface area contributed by atoms with Crippen LogP contribution in [0, 0.1) is 0 Å². The third-order valence-corrected chi connectivity index (χ3v) is 2.29. The maximum Gasteiger partial charge on any atom is 0.185 e. The molecule has 0 aromatic heterocycles. The number of hydrogen-bond acceptors (Lipinski definition) is 2. The molecule has 2 rings (SSSR count). The highest BCUT2D eigenvalue weighted by molar-refractivity contribution is 6.06. The summed E-state index contributed by atoms with van der Waals surface area (Å²) in [5.74, 6) is 0.0888. The molecule has 74 valence electrons. The van der Waals surface area contributed by atoms with Crippen molar-refractivity contribution in [2.45, 2.75) is 0 Å². The molecule has 0 saturated heterocycles. The minimum absolute atomic E-state index is 0.111. The maximum atomic E-state index is 11.4. The third kappa shape index (κ3) is 1.74. The van der Waals surface area contributed by atoms with Gasteiger partial charge in [0, 0.05) is 5.56 Å². The van der Waals surface area contributed by atoms with E-state index in [0.717, 1.165) is 10.8 Å². The van der Waals surface area contributed by atoms with Crippen LogP contribution in [-0.2, 0) is 0 Å². The van der Waals surface area contributed by atoms with E-state index in [1.54, 1.807) is 24.3 Å². The van der Waals surface area contributed by atoms with Crippen molar-refractivity contribution < 1.29 is 9.90 Å². The molecule has 2 heteroatoms. The number of hydrogen-bond donors (Lipinski definition) is 1. The molecule has 1 N–H and O–H groups in total. The Morgan fingerprint density at radius 2 is 1.87 bits per heavy atom. The van der Waals surface area contributed by atoms with Crippen molar-refractivity contribution >= 4 is 16.6 Å². The van der Waals surface area contributed by atoms with Gasteiger partial charge in [-0.1, -0.05) is 24.8 Å². The fourth-order valence-corrected chi connectivity index (χ4v) is 1.51. The minimum Gasteiger partial charge on any atom is -0.508 e. The van der Waals surface area contributed by atoms with E-state index in [4.69, 9.17) is 0 Å². The van der Waals surface area contributed by atoms with E-state index in [9.17, 15) is 9.90 Å². The first kappa shape index (κ1) is 9.46. The molecule has 0 amide bonds. The number of ketones is 1. The van der Waals surface area contributed by atoms with Crippen LogP contribution in [0.15, 0.2) is 49.1 Å². The van der Waals surface area contributed by atoms with E-state index in [2.05, 4.69) is 6.58 Å². The van der Waals surface area contributed by atoms with Gasteiger partial charge in [-0.25, -0.2) is 0 Å². The van der Waals surface area contributed by atoms with E-state index in [0.29, 0.717) is 5.56 Å². The predicted octanol–water partition coefficient (Wildman–Crippen LogP) is 2.91. The van der Waals surface area contributed by atoms with E-state index in [-0.39, 0.29) is 11.5 Å². The van der Waals surface area contributed by atoms with Gasteiger partial charge >= 0.3 is 0 Å². The fourth-order valence-electron chi connectivity index (χ4n) is 1.51. The first-order valence-electron chi connectivity index (χ1n) is 4.60. The molecule has 0 unspecified atom stereocenters.